The van der Waals surface area contributed by atoms with Gasteiger partial charge in [-0.3, -0.25) is 4.79 Å². The first-order valence-electron chi connectivity index (χ1n) is 16.0. The molecule has 1 saturated heterocycles. The van der Waals surface area contributed by atoms with Gasteiger partial charge in [-0.1, -0.05) is 68.8 Å². The highest BCUT2D eigenvalue weighted by Crippen LogP contribution is 2.34. The van der Waals surface area contributed by atoms with Gasteiger partial charge in [0.25, 0.3) is 0 Å². The normalized spacial score (nSPS) is 16.5. The van der Waals surface area contributed by atoms with Crippen molar-refractivity contribution in [3.8, 4) is 17.2 Å². The predicted octanol–water partition coefficient (Wildman–Crippen LogP) is 6.60. The zero-order valence-corrected chi connectivity index (χ0v) is 27.1. The number of aliphatic carboxylic acids is 1. The van der Waals surface area contributed by atoms with Crippen LogP contribution in [-0.2, 0) is 25.5 Å². The molecule has 246 valence electrons. The number of amides is 1. The molecule has 0 saturated carbocycles. The maximum absolute atomic E-state index is 14.2. The number of carboxylic acids is 1. The van der Waals surface area contributed by atoms with Crippen LogP contribution in [0.1, 0.15) is 74.7 Å². The smallest absolute Gasteiger partial charge is 0.341 e. The third-order valence-electron chi connectivity index (χ3n) is 8.69. The van der Waals surface area contributed by atoms with Gasteiger partial charge in [0, 0.05) is 6.54 Å². The van der Waals surface area contributed by atoms with Gasteiger partial charge in [-0.2, -0.15) is 0 Å². The Hall–Kier alpha value is -4.53. The summed E-state index contributed by atoms with van der Waals surface area (Å²) in [6.07, 6.45) is 3.30. The number of esters is 1. The number of piperidine rings is 1. The van der Waals surface area contributed by atoms with Crippen molar-refractivity contribution in [2.75, 3.05) is 27.4 Å². The van der Waals surface area contributed by atoms with Gasteiger partial charge in [0.05, 0.1) is 20.1 Å². The molecular weight excluding hydrogens is 586 g/mol. The number of ether oxygens (including phenoxy) is 4. The summed E-state index contributed by atoms with van der Waals surface area (Å²) in [4.78, 5) is 41.1. The van der Waals surface area contributed by atoms with Gasteiger partial charge in [-0.15, -0.1) is 0 Å². The van der Waals surface area contributed by atoms with Crippen LogP contribution in [0.25, 0.3) is 0 Å². The molecule has 0 bridgehead atoms. The van der Waals surface area contributed by atoms with Crippen molar-refractivity contribution in [1.29, 1.82) is 0 Å². The lowest BCUT2D eigenvalue weighted by molar-refractivity contribution is -0.163. The molecule has 4 atom stereocenters. The van der Waals surface area contributed by atoms with E-state index >= 15 is 0 Å². The van der Waals surface area contributed by atoms with Crippen molar-refractivity contribution >= 4 is 17.8 Å². The number of carbonyl (C=O) groups excluding carboxylic acids is 2. The summed E-state index contributed by atoms with van der Waals surface area (Å²) in [5.41, 5.74) is 2.59. The van der Waals surface area contributed by atoms with E-state index in [0.29, 0.717) is 48.6 Å². The number of carbonyl (C=O) groups is 3. The van der Waals surface area contributed by atoms with Crippen molar-refractivity contribution in [2.24, 2.45) is 5.92 Å². The summed E-state index contributed by atoms with van der Waals surface area (Å²) >= 11 is 0. The van der Waals surface area contributed by atoms with E-state index in [0.717, 1.165) is 30.4 Å². The van der Waals surface area contributed by atoms with Gasteiger partial charge in [-0.25, -0.2) is 9.59 Å². The van der Waals surface area contributed by atoms with Gasteiger partial charge in [0.1, 0.15) is 17.9 Å². The van der Waals surface area contributed by atoms with Crippen LogP contribution in [0.4, 0.5) is 0 Å². The maximum Gasteiger partial charge on any atom is 0.341 e. The second-order valence-corrected chi connectivity index (χ2v) is 11.7. The van der Waals surface area contributed by atoms with E-state index in [1.165, 1.54) is 0 Å². The third kappa shape index (κ3) is 8.80. The van der Waals surface area contributed by atoms with E-state index in [9.17, 15) is 14.4 Å². The zero-order valence-electron chi connectivity index (χ0n) is 27.1. The van der Waals surface area contributed by atoms with Gasteiger partial charge in [0.15, 0.2) is 18.1 Å². The Bertz CT molecular complexity index is 1460. The Kier molecular flexibility index (Phi) is 12.5. The van der Waals surface area contributed by atoms with Crippen LogP contribution in [0.15, 0.2) is 72.8 Å². The fourth-order valence-corrected chi connectivity index (χ4v) is 6.03. The van der Waals surface area contributed by atoms with Gasteiger partial charge in [0.2, 0.25) is 5.91 Å². The molecule has 9 nitrogen and oxygen atoms in total. The van der Waals surface area contributed by atoms with Gasteiger partial charge in [-0.05, 0) is 79.0 Å². The first-order valence-corrected chi connectivity index (χ1v) is 16.0. The predicted molar refractivity (Wildman–Crippen MR) is 174 cm³/mol. The average Bonchev–Trinajstić information content (AvgIpc) is 3.09. The molecule has 4 rings (SSSR count). The molecule has 0 aliphatic carbocycles. The number of hydrogen-bond acceptors (Lipinski definition) is 7. The van der Waals surface area contributed by atoms with Gasteiger partial charge >= 0.3 is 11.9 Å². The number of hydrogen-bond donors (Lipinski definition) is 1. The third-order valence-corrected chi connectivity index (χ3v) is 8.69. The summed E-state index contributed by atoms with van der Waals surface area (Å²) < 4.78 is 22.5. The highest BCUT2D eigenvalue weighted by Gasteiger charge is 2.39. The fourth-order valence-electron chi connectivity index (χ4n) is 6.03. The van der Waals surface area contributed by atoms with Gasteiger partial charge < -0.3 is 29.0 Å². The van der Waals surface area contributed by atoms with Crippen LogP contribution < -0.4 is 14.2 Å². The molecule has 9 heteroatoms. The van der Waals surface area contributed by atoms with Crippen LogP contribution in [0, 0.1) is 5.92 Å². The minimum Gasteiger partial charge on any atom is -0.493 e. The number of rotatable bonds is 15. The minimum absolute atomic E-state index is 0.0480. The van der Waals surface area contributed by atoms with E-state index in [1.54, 1.807) is 37.3 Å². The highest BCUT2D eigenvalue weighted by molar-refractivity contribution is 5.89. The van der Waals surface area contributed by atoms with Crippen LogP contribution in [0.3, 0.4) is 0 Å². The molecule has 3 aromatic rings. The summed E-state index contributed by atoms with van der Waals surface area (Å²) in [6.45, 7) is 4.16. The largest absolute Gasteiger partial charge is 0.493 e. The molecule has 1 heterocycles. The van der Waals surface area contributed by atoms with Crippen LogP contribution in [-0.4, -0.2) is 61.3 Å². The Balaban J connectivity index is 1.60. The highest BCUT2D eigenvalue weighted by atomic mass is 16.5. The molecule has 1 amide bonds. The molecule has 1 aliphatic rings. The molecule has 0 radical (unpaired) electrons. The number of likely N-dealkylation sites (tertiary alicyclic amines) is 1. The Morgan fingerprint density at radius 3 is 2.35 bits per heavy atom. The maximum atomic E-state index is 14.2. The lowest BCUT2D eigenvalue weighted by atomic mass is 9.83. The van der Waals surface area contributed by atoms with Crippen LogP contribution in [0.2, 0.25) is 0 Å². The molecule has 1 aliphatic heterocycles. The molecular formula is C37H45NO8. The lowest BCUT2D eigenvalue weighted by Crippen LogP contribution is -2.51. The summed E-state index contributed by atoms with van der Waals surface area (Å²) in [5.74, 6) is -0.268. The van der Waals surface area contributed by atoms with Crippen molar-refractivity contribution in [3.63, 3.8) is 0 Å². The van der Waals surface area contributed by atoms with Crippen molar-refractivity contribution < 1.29 is 38.4 Å². The van der Waals surface area contributed by atoms with E-state index in [4.69, 9.17) is 24.1 Å². The molecule has 1 fully saturated rings. The second-order valence-electron chi connectivity index (χ2n) is 11.7. The van der Waals surface area contributed by atoms with Crippen molar-refractivity contribution in [2.45, 2.75) is 70.4 Å². The first-order chi connectivity index (χ1) is 22.2. The Morgan fingerprint density at radius 2 is 1.65 bits per heavy atom. The molecule has 0 spiro atoms. The number of nitrogens with zero attached hydrogens (tertiary/aromatic N) is 1. The summed E-state index contributed by atoms with van der Waals surface area (Å²) in [7, 11) is 3.16. The Labute approximate surface area is 271 Å². The molecule has 2 unspecified atom stereocenters. The average molecular weight is 632 g/mol. The van der Waals surface area contributed by atoms with Crippen molar-refractivity contribution in [1.82, 2.24) is 4.90 Å². The van der Waals surface area contributed by atoms with E-state index in [1.807, 2.05) is 54.6 Å². The number of aryl methyl sites for hydroxylation is 1. The van der Waals surface area contributed by atoms with E-state index in [-0.39, 0.29) is 17.7 Å². The molecule has 3 aromatic carbocycles. The second kappa shape index (κ2) is 16.7. The topological polar surface area (TPSA) is 112 Å². The van der Waals surface area contributed by atoms with E-state index in [2.05, 4.69) is 13.8 Å². The Morgan fingerprint density at radius 1 is 0.913 bits per heavy atom. The number of benzene rings is 3. The minimum atomic E-state index is -1.09. The SMILES string of the molecule is CCC(C)[C@@H](C(=O)N1CCCC[C@H]1C(=O)OC(CCc1ccc(OC)c(OC)c1)c1cccc(OCC(=O)O)c1)c1ccccc1. The lowest BCUT2D eigenvalue weighted by Gasteiger charge is -2.38. The first kappa shape index (κ1) is 34.3. The van der Waals surface area contributed by atoms with E-state index < -0.39 is 30.7 Å². The number of methoxy groups -OCH3 is 2. The van der Waals surface area contributed by atoms with Crippen LogP contribution >= 0.6 is 0 Å². The van der Waals surface area contributed by atoms with Crippen LogP contribution in [0.5, 0.6) is 17.2 Å². The quantitative estimate of drug-likeness (QED) is 0.187. The summed E-state index contributed by atoms with van der Waals surface area (Å²) in [6, 6.07) is 21.7. The summed E-state index contributed by atoms with van der Waals surface area (Å²) in [5, 5.41) is 9.09. The standard InChI is InChI=1S/C37H45NO8/c1-5-25(2)35(27-12-7-6-8-13-27)36(41)38-21-10-9-16-30(38)37(42)46-31(28-14-11-15-29(23-28)45-24-34(39)40)19-17-26-18-20-32(43-3)33(22-26)44-4/h6-8,11-15,18,20,22-23,25,30-31,35H,5,9-10,16-17,19,21,24H2,1-4H3,(H,39,40)/t25?,30-,31?,35+/m0/s1. The monoisotopic (exact) mass is 631 g/mol. The zero-order chi connectivity index (χ0) is 33.1. The molecule has 0 aromatic heterocycles. The number of carboxylic acid groups (broad SMARTS) is 1. The fraction of sp³-hybridized carbons (Fsp3) is 0.432. The molecule has 1 N–H and O–H groups in total. The van der Waals surface area contributed by atoms with Crippen molar-refractivity contribution in [3.05, 3.63) is 89.5 Å². The molecule has 46 heavy (non-hydrogen) atoms.